The van der Waals surface area contributed by atoms with E-state index < -0.39 is 12.1 Å². The van der Waals surface area contributed by atoms with E-state index in [1.54, 1.807) is 30.3 Å². The van der Waals surface area contributed by atoms with Crippen LogP contribution in [0.1, 0.15) is 18.4 Å². The maximum atomic E-state index is 12.8. The number of amides is 1. The van der Waals surface area contributed by atoms with E-state index in [0.717, 1.165) is 4.90 Å². The van der Waals surface area contributed by atoms with Gasteiger partial charge in [0, 0.05) is 12.6 Å². The molecule has 0 aromatic heterocycles. The lowest BCUT2D eigenvalue weighted by molar-refractivity contribution is -0.189. The Morgan fingerprint density at radius 1 is 1.20 bits per heavy atom. The number of carbonyl (C=O) groups excluding carboxylic acids is 1. The smallest absolute Gasteiger partial charge is 0.327 e. The molecule has 1 aromatic rings. The lowest BCUT2D eigenvalue weighted by Crippen LogP contribution is -2.50. The fraction of sp³-hybridized carbons (Fsp3) is 0.500. The van der Waals surface area contributed by atoms with Crippen LogP contribution in [0.5, 0.6) is 0 Å². The fourth-order valence-electron chi connectivity index (χ4n) is 2.43. The zero-order valence-corrected chi connectivity index (χ0v) is 11.0. The van der Waals surface area contributed by atoms with Gasteiger partial charge in [0.15, 0.2) is 0 Å². The summed E-state index contributed by atoms with van der Waals surface area (Å²) >= 11 is 0. The number of halogens is 3. The van der Waals surface area contributed by atoms with Crippen molar-refractivity contribution < 1.29 is 18.0 Å². The predicted molar refractivity (Wildman–Crippen MR) is 68.9 cm³/mol. The molecule has 2 rings (SSSR count). The van der Waals surface area contributed by atoms with Crippen molar-refractivity contribution in [1.82, 2.24) is 10.2 Å². The average molecular weight is 286 g/mol. The molecule has 0 saturated carbocycles. The molecule has 1 aliphatic rings. The maximum Gasteiger partial charge on any atom is 0.471 e. The van der Waals surface area contributed by atoms with Crippen molar-refractivity contribution in [3.63, 3.8) is 0 Å². The molecule has 1 saturated heterocycles. The van der Waals surface area contributed by atoms with Crippen LogP contribution in [0.4, 0.5) is 13.2 Å². The standard InChI is InChI=1S/C14H17F3N2O/c15-14(16,17)13(20)19(12-6-8-18-9-7-12)10-11-4-2-1-3-5-11/h1-5,12,18H,6-10H2. The highest BCUT2D eigenvalue weighted by atomic mass is 19.4. The molecule has 1 aromatic carbocycles. The third-order valence-electron chi connectivity index (χ3n) is 3.45. The molecule has 1 N–H and O–H groups in total. The number of hydrogen-bond acceptors (Lipinski definition) is 2. The van der Waals surface area contributed by atoms with E-state index in [1.807, 2.05) is 0 Å². The minimum Gasteiger partial charge on any atom is -0.327 e. The molecule has 0 bridgehead atoms. The van der Waals surface area contributed by atoms with Gasteiger partial charge in [-0.3, -0.25) is 4.79 Å². The highest BCUT2D eigenvalue weighted by Gasteiger charge is 2.44. The molecule has 0 spiro atoms. The minimum absolute atomic E-state index is 0.00382. The molecule has 0 atom stereocenters. The summed E-state index contributed by atoms with van der Waals surface area (Å²) < 4.78 is 38.3. The summed E-state index contributed by atoms with van der Waals surface area (Å²) in [4.78, 5) is 12.6. The van der Waals surface area contributed by atoms with E-state index in [4.69, 9.17) is 0 Å². The van der Waals surface area contributed by atoms with Crippen LogP contribution >= 0.6 is 0 Å². The van der Waals surface area contributed by atoms with Crippen molar-refractivity contribution in [1.29, 1.82) is 0 Å². The first-order chi connectivity index (χ1) is 9.48. The lowest BCUT2D eigenvalue weighted by Gasteiger charge is -2.35. The van der Waals surface area contributed by atoms with Gasteiger partial charge < -0.3 is 10.2 Å². The van der Waals surface area contributed by atoms with Gasteiger partial charge in [0.05, 0.1) is 0 Å². The van der Waals surface area contributed by atoms with Gasteiger partial charge in [-0.2, -0.15) is 13.2 Å². The molecule has 1 aliphatic heterocycles. The molecule has 1 fully saturated rings. The molecule has 0 unspecified atom stereocenters. The van der Waals surface area contributed by atoms with Crippen LogP contribution < -0.4 is 5.32 Å². The van der Waals surface area contributed by atoms with E-state index in [-0.39, 0.29) is 12.6 Å². The Bertz CT molecular complexity index is 441. The van der Waals surface area contributed by atoms with E-state index >= 15 is 0 Å². The predicted octanol–water partition coefficient (Wildman–Crippen LogP) is 2.33. The Morgan fingerprint density at radius 3 is 2.35 bits per heavy atom. The van der Waals surface area contributed by atoms with Gasteiger partial charge in [-0.1, -0.05) is 30.3 Å². The molecule has 0 radical (unpaired) electrons. The van der Waals surface area contributed by atoms with Crippen LogP contribution in [0, 0.1) is 0 Å². The molecule has 3 nitrogen and oxygen atoms in total. The van der Waals surface area contributed by atoms with Crippen molar-refractivity contribution in [2.45, 2.75) is 31.6 Å². The summed E-state index contributed by atoms with van der Waals surface area (Å²) in [6.07, 6.45) is -3.72. The van der Waals surface area contributed by atoms with Gasteiger partial charge in [0.25, 0.3) is 0 Å². The highest BCUT2D eigenvalue weighted by Crippen LogP contribution is 2.24. The second-order valence-corrected chi connectivity index (χ2v) is 4.90. The first-order valence-electron chi connectivity index (χ1n) is 6.61. The summed E-state index contributed by atoms with van der Waals surface area (Å²) in [5.74, 6) is -1.74. The van der Waals surface area contributed by atoms with E-state index in [9.17, 15) is 18.0 Å². The summed E-state index contributed by atoms with van der Waals surface area (Å²) in [5, 5.41) is 3.09. The van der Waals surface area contributed by atoms with Crippen LogP contribution in [-0.2, 0) is 11.3 Å². The molecule has 0 aliphatic carbocycles. The van der Waals surface area contributed by atoms with Crippen molar-refractivity contribution in [2.75, 3.05) is 13.1 Å². The summed E-state index contributed by atoms with van der Waals surface area (Å²) in [6, 6.07) is 8.42. The lowest BCUT2D eigenvalue weighted by atomic mass is 10.0. The Hall–Kier alpha value is -1.56. The van der Waals surface area contributed by atoms with Gasteiger partial charge in [0.1, 0.15) is 0 Å². The number of rotatable bonds is 3. The van der Waals surface area contributed by atoms with E-state index in [0.29, 0.717) is 31.5 Å². The van der Waals surface area contributed by atoms with Crippen LogP contribution in [-0.4, -0.2) is 36.1 Å². The van der Waals surface area contributed by atoms with E-state index in [1.165, 1.54) is 0 Å². The zero-order chi connectivity index (χ0) is 14.6. The quantitative estimate of drug-likeness (QED) is 0.925. The van der Waals surface area contributed by atoms with Gasteiger partial charge >= 0.3 is 12.1 Å². The average Bonchev–Trinajstić information content (AvgIpc) is 2.45. The van der Waals surface area contributed by atoms with Crippen LogP contribution in [0.25, 0.3) is 0 Å². The van der Waals surface area contributed by atoms with E-state index in [2.05, 4.69) is 5.32 Å². The third kappa shape index (κ3) is 3.72. The first-order valence-corrected chi connectivity index (χ1v) is 6.61. The molecule has 110 valence electrons. The Labute approximate surface area is 115 Å². The summed E-state index contributed by atoms with van der Waals surface area (Å²) in [6.45, 7) is 1.28. The number of hydrogen-bond donors (Lipinski definition) is 1. The second kappa shape index (κ2) is 6.26. The number of nitrogens with one attached hydrogen (secondary N) is 1. The van der Waals surface area contributed by atoms with Gasteiger partial charge in [-0.25, -0.2) is 0 Å². The topological polar surface area (TPSA) is 32.3 Å². The number of alkyl halides is 3. The molecule has 20 heavy (non-hydrogen) atoms. The molecule has 6 heteroatoms. The van der Waals surface area contributed by atoms with Crippen LogP contribution in [0.15, 0.2) is 30.3 Å². The SMILES string of the molecule is O=C(N(Cc1ccccc1)C1CCNCC1)C(F)(F)F. The van der Waals surface area contributed by atoms with Gasteiger partial charge in [-0.15, -0.1) is 0 Å². The van der Waals surface area contributed by atoms with Crippen molar-refractivity contribution >= 4 is 5.91 Å². The van der Waals surface area contributed by atoms with Crippen molar-refractivity contribution in [3.8, 4) is 0 Å². The first kappa shape index (κ1) is 14.8. The molecular weight excluding hydrogens is 269 g/mol. The third-order valence-corrected chi connectivity index (χ3v) is 3.45. The monoisotopic (exact) mass is 286 g/mol. The Balaban J connectivity index is 2.17. The zero-order valence-electron chi connectivity index (χ0n) is 11.0. The Kier molecular flexibility index (Phi) is 4.65. The number of benzene rings is 1. The molecular formula is C14H17F3N2O. The van der Waals surface area contributed by atoms with Crippen molar-refractivity contribution in [2.24, 2.45) is 0 Å². The number of carbonyl (C=O) groups is 1. The minimum atomic E-state index is -4.82. The van der Waals surface area contributed by atoms with Crippen LogP contribution in [0.3, 0.4) is 0 Å². The molecule has 1 amide bonds. The van der Waals surface area contributed by atoms with Gasteiger partial charge in [-0.05, 0) is 31.5 Å². The molecule has 1 heterocycles. The Morgan fingerprint density at radius 2 is 1.80 bits per heavy atom. The van der Waals surface area contributed by atoms with Crippen molar-refractivity contribution in [3.05, 3.63) is 35.9 Å². The number of nitrogens with zero attached hydrogens (tertiary/aromatic N) is 1. The summed E-state index contributed by atoms with van der Waals surface area (Å²) in [5.41, 5.74) is 0.712. The largest absolute Gasteiger partial charge is 0.471 e. The maximum absolute atomic E-state index is 12.8. The summed E-state index contributed by atoms with van der Waals surface area (Å²) in [7, 11) is 0. The van der Waals surface area contributed by atoms with Crippen LogP contribution in [0.2, 0.25) is 0 Å². The highest BCUT2D eigenvalue weighted by molar-refractivity contribution is 5.82. The number of piperidine rings is 1. The van der Waals surface area contributed by atoms with Gasteiger partial charge in [0.2, 0.25) is 0 Å². The second-order valence-electron chi connectivity index (χ2n) is 4.90. The normalized spacial score (nSPS) is 16.9. The fourth-order valence-corrected chi connectivity index (χ4v) is 2.43.